The monoisotopic (exact) mass is 328 g/mol. The van der Waals surface area contributed by atoms with Crippen LogP contribution in [0.3, 0.4) is 0 Å². The third-order valence-electron chi connectivity index (χ3n) is 4.57. The summed E-state index contributed by atoms with van der Waals surface area (Å²) in [6.07, 6.45) is 3.68. The van der Waals surface area contributed by atoms with E-state index in [1.54, 1.807) is 31.2 Å². The molecule has 2 aliphatic carbocycles. The normalized spacial score (nSPS) is 23.6. The Morgan fingerprint density at radius 1 is 1.17 bits per heavy atom. The molecular weight excluding hydrogens is 308 g/mol. The van der Waals surface area contributed by atoms with E-state index >= 15 is 0 Å². The van der Waals surface area contributed by atoms with Gasteiger partial charge in [0, 0.05) is 11.8 Å². The van der Waals surface area contributed by atoms with E-state index in [0.29, 0.717) is 17.9 Å². The van der Waals surface area contributed by atoms with Gasteiger partial charge in [-0.2, -0.15) is 5.11 Å². The van der Waals surface area contributed by atoms with Gasteiger partial charge in [0.05, 0.1) is 17.9 Å². The van der Waals surface area contributed by atoms with Crippen LogP contribution in [0.2, 0.25) is 0 Å². The third kappa shape index (κ3) is 3.09. The number of fused-ring (bicyclic) bond motifs is 1. The first-order valence-electron chi connectivity index (χ1n) is 8.28. The van der Waals surface area contributed by atoms with Gasteiger partial charge in [-0.25, -0.2) is 4.79 Å². The maximum atomic E-state index is 12.4. The molecule has 0 aromatic heterocycles. The number of allylic oxidation sites excluding steroid dienone is 2. The highest BCUT2D eigenvalue weighted by atomic mass is 16.5. The van der Waals surface area contributed by atoms with E-state index in [0.717, 1.165) is 25.7 Å². The van der Waals surface area contributed by atoms with Crippen LogP contribution in [0.4, 0.5) is 5.69 Å². The Bertz CT molecular complexity index is 706. The van der Waals surface area contributed by atoms with Crippen molar-refractivity contribution in [2.24, 2.45) is 22.1 Å². The molecule has 1 fully saturated rings. The highest BCUT2D eigenvalue weighted by Crippen LogP contribution is 2.43. The Morgan fingerprint density at radius 3 is 2.46 bits per heavy atom. The number of nitrogens with zero attached hydrogens (tertiary/aromatic N) is 2. The zero-order valence-corrected chi connectivity index (χ0v) is 13.6. The van der Waals surface area contributed by atoms with E-state index in [1.165, 1.54) is 0 Å². The van der Waals surface area contributed by atoms with Crippen LogP contribution in [0.5, 0.6) is 0 Å². The number of hydrogen-bond acceptors (Lipinski definition) is 6. The van der Waals surface area contributed by atoms with Crippen LogP contribution in [0.25, 0.3) is 0 Å². The Morgan fingerprint density at radius 2 is 1.83 bits per heavy atom. The molecule has 0 heterocycles. The summed E-state index contributed by atoms with van der Waals surface area (Å²) in [5.74, 6) is -0.651. The van der Waals surface area contributed by atoms with Crippen LogP contribution in [0.15, 0.2) is 46.0 Å². The number of ether oxygens (including phenoxy) is 1. The maximum Gasteiger partial charge on any atom is 0.338 e. The van der Waals surface area contributed by atoms with Crippen LogP contribution in [0, 0.1) is 11.8 Å². The molecule has 0 saturated heterocycles. The average Bonchev–Trinajstić information content (AvgIpc) is 2.85. The smallest absolute Gasteiger partial charge is 0.338 e. The lowest BCUT2D eigenvalue weighted by atomic mass is 9.80. The minimum atomic E-state index is -0.392. The van der Waals surface area contributed by atoms with Crippen molar-refractivity contribution in [3.05, 3.63) is 41.3 Å². The second-order valence-corrected chi connectivity index (χ2v) is 6.06. The standard InChI is InChI=1S/C18H20N2O4/c1-2-24-18(23)11-7-9-12(10-8-11)19-20-15-16(21)13-5-3-4-6-14(13)17(15)22/h7-10,13-14,21H,2-6H2,1H3. The second kappa shape index (κ2) is 6.95. The molecule has 2 unspecified atom stereocenters. The van der Waals surface area contributed by atoms with E-state index in [-0.39, 0.29) is 29.1 Å². The fourth-order valence-electron chi connectivity index (χ4n) is 3.34. The van der Waals surface area contributed by atoms with Crippen LogP contribution < -0.4 is 0 Å². The molecule has 2 aliphatic rings. The van der Waals surface area contributed by atoms with Gasteiger partial charge >= 0.3 is 5.97 Å². The van der Waals surface area contributed by atoms with Crippen LogP contribution in [-0.4, -0.2) is 23.5 Å². The van der Waals surface area contributed by atoms with Crippen molar-refractivity contribution in [2.75, 3.05) is 6.61 Å². The van der Waals surface area contributed by atoms with Crippen molar-refractivity contribution in [3.63, 3.8) is 0 Å². The zero-order chi connectivity index (χ0) is 17.1. The molecule has 3 rings (SSSR count). The molecule has 0 radical (unpaired) electrons. The number of ketones is 1. The number of aliphatic hydroxyl groups is 1. The van der Waals surface area contributed by atoms with Crippen LogP contribution >= 0.6 is 0 Å². The van der Waals surface area contributed by atoms with Crippen molar-refractivity contribution in [2.45, 2.75) is 32.6 Å². The topological polar surface area (TPSA) is 88.3 Å². The van der Waals surface area contributed by atoms with Gasteiger partial charge in [0.25, 0.3) is 0 Å². The SMILES string of the molecule is CCOC(=O)c1ccc(N=NC2=C(O)C3CCCCC3C2=O)cc1. The third-order valence-corrected chi connectivity index (χ3v) is 4.57. The lowest BCUT2D eigenvalue weighted by Gasteiger charge is -2.23. The zero-order valence-electron chi connectivity index (χ0n) is 13.6. The summed E-state index contributed by atoms with van der Waals surface area (Å²) in [5, 5.41) is 18.3. The number of aliphatic hydroxyl groups excluding tert-OH is 1. The summed E-state index contributed by atoms with van der Waals surface area (Å²) in [7, 11) is 0. The minimum absolute atomic E-state index is 0.0802. The Hall–Kier alpha value is -2.50. The molecule has 0 spiro atoms. The molecule has 1 saturated carbocycles. The van der Waals surface area contributed by atoms with E-state index in [2.05, 4.69) is 10.2 Å². The second-order valence-electron chi connectivity index (χ2n) is 6.06. The largest absolute Gasteiger partial charge is 0.510 e. The fourth-order valence-corrected chi connectivity index (χ4v) is 3.34. The Balaban J connectivity index is 1.74. The molecule has 0 aliphatic heterocycles. The quantitative estimate of drug-likeness (QED) is 0.665. The van der Waals surface area contributed by atoms with E-state index in [4.69, 9.17) is 4.74 Å². The van der Waals surface area contributed by atoms with Crippen LogP contribution in [0.1, 0.15) is 43.0 Å². The molecule has 126 valence electrons. The molecule has 2 atom stereocenters. The predicted octanol–water partition coefficient (Wildman–Crippen LogP) is 4.11. The van der Waals surface area contributed by atoms with Gasteiger partial charge in [-0.1, -0.05) is 12.8 Å². The minimum Gasteiger partial charge on any atom is -0.510 e. The molecule has 1 aromatic carbocycles. The summed E-state index contributed by atoms with van der Waals surface area (Å²) < 4.78 is 4.91. The summed E-state index contributed by atoms with van der Waals surface area (Å²) in [6, 6.07) is 6.44. The van der Waals surface area contributed by atoms with Crippen molar-refractivity contribution in [3.8, 4) is 0 Å². The van der Waals surface area contributed by atoms with Gasteiger partial charge in [0.1, 0.15) is 5.76 Å². The first-order valence-corrected chi connectivity index (χ1v) is 8.28. The summed E-state index contributed by atoms with van der Waals surface area (Å²) in [5.41, 5.74) is 1.02. The number of Topliss-reactive ketones (excluding diaryl/α,β-unsaturated/α-hetero) is 1. The summed E-state index contributed by atoms with van der Waals surface area (Å²) >= 11 is 0. The van der Waals surface area contributed by atoms with Gasteiger partial charge in [-0.05, 0) is 44.0 Å². The lowest BCUT2D eigenvalue weighted by molar-refractivity contribution is -0.120. The van der Waals surface area contributed by atoms with Crippen LogP contribution in [-0.2, 0) is 9.53 Å². The number of benzene rings is 1. The molecular formula is C18H20N2O4. The highest BCUT2D eigenvalue weighted by molar-refractivity contribution is 6.00. The number of hydrogen-bond donors (Lipinski definition) is 1. The van der Waals surface area contributed by atoms with Gasteiger partial charge in [0.2, 0.25) is 0 Å². The van der Waals surface area contributed by atoms with Gasteiger partial charge in [0.15, 0.2) is 11.5 Å². The molecule has 1 aromatic rings. The molecule has 1 N–H and O–H groups in total. The van der Waals surface area contributed by atoms with E-state index in [9.17, 15) is 14.7 Å². The first kappa shape index (κ1) is 16.4. The number of rotatable bonds is 4. The Labute approximate surface area is 140 Å². The number of azo groups is 1. The molecule has 6 nitrogen and oxygen atoms in total. The van der Waals surface area contributed by atoms with Crippen molar-refractivity contribution in [1.82, 2.24) is 0 Å². The van der Waals surface area contributed by atoms with E-state index in [1.807, 2.05) is 0 Å². The predicted molar refractivity (Wildman–Crippen MR) is 87.0 cm³/mol. The average molecular weight is 328 g/mol. The number of carbonyl (C=O) groups excluding carboxylic acids is 2. The van der Waals surface area contributed by atoms with Gasteiger partial charge in [-0.3, -0.25) is 4.79 Å². The molecule has 6 heteroatoms. The van der Waals surface area contributed by atoms with Gasteiger partial charge in [-0.15, -0.1) is 5.11 Å². The summed E-state index contributed by atoms with van der Waals surface area (Å²) in [6.45, 7) is 2.06. The highest BCUT2D eigenvalue weighted by Gasteiger charge is 2.43. The molecule has 0 amide bonds. The maximum absolute atomic E-state index is 12.4. The van der Waals surface area contributed by atoms with E-state index < -0.39 is 5.97 Å². The lowest BCUT2D eigenvalue weighted by Crippen LogP contribution is -2.21. The van der Waals surface area contributed by atoms with Crippen molar-refractivity contribution >= 4 is 17.4 Å². The number of esters is 1. The summed E-state index contributed by atoms with van der Waals surface area (Å²) in [4.78, 5) is 23.9. The molecule has 24 heavy (non-hydrogen) atoms. The van der Waals surface area contributed by atoms with Gasteiger partial charge < -0.3 is 9.84 Å². The Kier molecular flexibility index (Phi) is 4.74. The number of carbonyl (C=O) groups is 2. The van der Waals surface area contributed by atoms with Crippen molar-refractivity contribution in [1.29, 1.82) is 0 Å². The molecule has 0 bridgehead atoms. The van der Waals surface area contributed by atoms with Crippen molar-refractivity contribution < 1.29 is 19.4 Å². The fraction of sp³-hybridized carbons (Fsp3) is 0.444. The first-order chi connectivity index (χ1) is 11.6.